The Morgan fingerprint density at radius 3 is 1.40 bits per heavy atom. The average Bonchev–Trinajstić information content (AvgIpc) is 1.92. The van der Waals surface area contributed by atoms with Crippen molar-refractivity contribution in [2.75, 3.05) is 19.6 Å². The van der Waals surface area contributed by atoms with E-state index >= 15 is 0 Å². The van der Waals surface area contributed by atoms with E-state index in [4.69, 9.17) is 23.4 Å². The Labute approximate surface area is 580 Å². The number of fused-ring (bicyclic) bond motifs is 6. The highest BCUT2D eigenvalue weighted by atomic mass is 35.5. The van der Waals surface area contributed by atoms with Gasteiger partial charge < -0.3 is 10.2 Å². The molecule has 99 heavy (non-hydrogen) atoms. The lowest BCUT2D eigenvalue weighted by atomic mass is 9.72. The largest absolute Gasteiger partial charge is 0.417 e. The number of ketones is 1. The summed E-state index contributed by atoms with van der Waals surface area (Å²) in [4.78, 5) is 40.5. The number of alkyl halides is 6. The second-order valence-electron chi connectivity index (χ2n) is 26.3. The van der Waals surface area contributed by atoms with Gasteiger partial charge in [0, 0.05) is 48.0 Å². The quantitative estimate of drug-likeness (QED) is 0.0663. The minimum Gasteiger partial charge on any atom is -0.335 e. The zero-order chi connectivity index (χ0) is 71.2. The highest BCUT2D eigenvalue weighted by Crippen LogP contribution is 2.53. The van der Waals surface area contributed by atoms with Crippen LogP contribution in [0.4, 0.5) is 39.5 Å². The van der Waals surface area contributed by atoms with Gasteiger partial charge in [-0.25, -0.2) is 32.1 Å². The van der Waals surface area contributed by atoms with Gasteiger partial charge >= 0.3 is 12.4 Å². The van der Waals surface area contributed by atoms with E-state index in [1.165, 1.54) is 96.3 Å². The van der Waals surface area contributed by atoms with Gasteiger partial charge in [-0.2, -0.15) is 41.6 Å². The maximum atomic E-state index is 13.7. The minimum absolute atomic E-state index is 0.193. The highest BCUT2D eigenvalue weighted by Gasteiger charge is 2.51. The van der Waals surface area contributed by atoms with Crippen molar-refractivity contribution in [2.24, 2.45) is 16.2 Å². The van der Waals surface area contributed by atoms with Gasteiger partial charge in [-0.15, -0.1) is 0 Å². The molecule has 522 valence electrons. The number of Topliss-reactive ketones (excluding diaryl/α,β-unsaturated/α-hetero) is 1. The van der Waals surface area contributed by atoms with E-state index in [1.54, 1.807) is 52.2 Å². The van der Waals surface area contributed by atoms with Crippen LogP contribution in [0, 0.1) is 33.7 Å². The SMILES string of the molecule is CCCN(C(=O)c1ccccc1C(F)(F)F)[C@H]1CCC2=Cc3c(cnn3-c3ccc(F)cc3)C[C@@]21C.CCCNCl.CCCN[C@H]1CCC2=Cc3c(cnn3-c3ccc(F)cc3)C[C@@]21C.C[C@]12Cc3cnn(-c4ccc(F)cc4)c3C=C1CCC2=O.O=C(Cl)c1ccccc1C(F)(F)F. The third-order valence-corrected chi connectivity index (χ3v) is 20.2. The molecule has 6 aliphatic rings. The number of benzene rings is 5. The Balaban J connectivity index is 0.000000147. The second kappa shape index (κ2) is 30.6. The van der Waals surface area contributed by atoms with Gasteiger partial charge in [-0.05, 0) is 239 Å². The van der Waals surface area contributed by atoms with E-state index in [2.05, 4.69) is 71.4 Å². The predicted molar refractivity (Wildman–Crippen MR) is 367 cm³/mol. The molecule has 1 amide bonds. The van der Waals surface area contributed by atoms with Gasteiger partial charge in [-0.1, -0.05) is 75.6 Å². The van der Waals surface area contributed by atoms with Gasteiger partial charge in [0.2, 0.25) is 0 Å². The Morgan fingerprint density at radius 2 is 0.970 bits per heavy atom. The fraction of sp³-hybridized carbons (Fsp3) is 0.368. The van der Waals surface area contributed by atoms with Crippen molar-refractivity contribution in [1.82, 2.24) is 44.4 Å². The fourth-order valence-electron chi connectivity index (χ4n) is 14.5. The van der Waals surface area contributed by atoms with E-state index in [9.17, 15) is 53.9 Å². The molecule has 6 aliphatic carbocycles. The van der Waals surface area contributed by atoms with Gasteiger partial charge in [0.25, 0.3) is 11.1 Å². The molecule has 14 rings (SSSR count). The predicted octanol–water partition coefficient (Wildman–Crippen LogP) is 18.4. The molecular weight excluding hydrogens is 1330 g/mol. The van der Waals surface area contributed by atoms with E-state index in [0.717, 1.165) is 114 Å². The number of hydrogen-bond donors (Lipinski definition) is 2. The Morgan fingerprint density at radius 1 is 0.545 bits per heavy atom. The summed E-state index contributed by atoms with van der Waals surface area (Å²) in [5.41, 5.74) is 9.54. The molecule has 0 spiro atoms. The van der Waals surface area contributed by atoms with Crippen LogP contribution in [-0.2, 0) is 36.4 Å². The molecule has 0 saturated heterocycles. The maximum absolute atomic E-state index is 13.7. The number of amides is 1. The van der Waals surface area contributed by atoms with Crippen molar-refractivity contribution in [3.05, 3.63) is 230 Å². The molecule has 2 N–H and O–H groups in total. The molecule has 0 aliphatic heterocycles. The first-order valence-corrected chi connectivity index (χ1v) is 34.0. The van der Waals surface area contributed by atoms with Gasteiger partial charge in [0.1, 0.15) is 23.2 Å². The van der Waals surface area contributed by atoms with Crippen molar-refractivity contribution < 1.29 is 53.9 Å². The minimum atomic E-state index is -4.61. The summed E-state index contributed by atoms with van der Waals surface area (Å²) in [6, 6.07) is 28.7. The van der Waals surface area contributed by atoms with Gasteiger partial charge in [-0.3, -0.25) is 14.4 Å². The zero-order valence-corrected chi connectivity index (χ0v) is 57.3. The van der Waals surface area contributed by atoms with Crippen LogP contribution in [0.15, 0.2) is 157 Å². The first-order valence-electron chi connectivity index (χ1n) is 33.2. The number of carbonyl (C=O) groups excluding carboxylic acids is 3. The first-order chi connectivity index (χ1) is 47.2. The number of nitrogens with one attached hydrogen (secondary N) is 2. The summed E-state index contributed by atoms with van der Waals surface area (Å²) in [6.07, 6.45) is 13.5. The molecule has 0 radical (unpaired) electrons. The molecule has 3 aromatic heterocycles. The normalized spacial score (nSPS) is 20.7. The third kappa shape index (κ3) is 15.7. The molecule has 0 bridgehead atoms. The number of aromatic nitrogens is 6. The summed E-state index contributed by atoms with van der Waals surface area (Å²) >= 11 is 10.0. The molecule has 12 nitrogen and oxygen atoms in total. The van der Waals surface area contributed by atoms with Gasteiger partial charge in [0.05, 0.1) is 74.8 Å². The number of rotatable bonds is 13. The molecular formula is C76H78Cl2F9N9O3. The van der Waals surface area contributed by atoms with Crippen LogP contribution in [-0.4, -0.2) is 82.9 Å². The van der Waals surface area contributed by atoms with Crippen LogP contribution in [0.2, 0.25) is 0 Å². The molecule has 8 aromatic rings. The number of halogens is 11. The van der Waals surface area contributed by atoms with Crippen molar-refractivity contribution in [2.45, 2.75) is 143 Å². The van der Waals surface area contributed by atoms with Crippen LogP contribution in [0.3, 0.4) is 0 Å². The van der Waals surface area contributed by atoms with Crippen molar-refractivity contribution in [3.63, 3.8) is 0 Å². The second-order valence-corrected chi connectivity index (χ2v) is 26.9. The monoisotopic (exact) mass is 1410 g/mol. The lowest BCUT2D eigenvalue weighted by Crippen LogP contribution is -2.49. The standard InChI is InChI=1S/C28H27F4N3O.C20H24FN3.C17H15FN2O.C8H4ClF3O.C3H8ClN/c1-3-14-34(26(36)22-6-4-5-7-23(22)28(30,31)32)25-13-8-19-15-24-18(16-27(19,25)2)17-33-35(24)21-11-9-20(29)10-12-21;1-3-10-22-19-9-4-15-11-18-14(12-20(15,19)2)13-23-24(18)17-7-5-16(21)6-8-17;1-17-9-11-10-19-20(14-5-3-13(18)4-6-14)15(11)8-12(17)2-7-16(17)21;9-7(13)5-3-1-2-4-6(5)8(10,11)12;1-2-3-5-4/h4-7,9-12,15,17,25H,3,8,13-14,16H2,1-2H3;5-8,11,13,19,22H,3-4,9-10,12H2,1-2H3;3-6,8,10H,2,7,9H2,1H3;1-4H;5H,2-3H2,1H3/t25-,27-;19-,20-;17-;;/m000../s1. The number of carbonyl (C=O) groups is 3. The topological polar surface area (TPSA) is 132 Å². The number of hydrogen-bond acceptors (Lipinski definition) is 8. The number of nitrogens with zero attached hydrogens (tertiary/aromatic N) is 7. The molecule has 5 aromatic carbocycles. The van der Waals surface area contributed by atoms with E-state index in [0.29, 0.717) is 50.5 Å². The zero-order valence-electron chi connectivity index (χ0n) is 55.8. The van der Waals surface area contributed by atoms with Crippen molar-refractivity contribution >= 4 is 58.5 Å². The Bertz CT molecular complexity index is 4310. The molecule has 3 heterocycles. The van der Waals surface area contributed by atoms with Crippen LogP contribution in [0.5, 0.6) is 0 Å². The fourth-order valence-corrected chi connectivity index (χ4v) is 14.9. The van der Waals surface area contributed by atoms with Gasteiger partial charge in [0.15, 0.2) is 0 Å². The Hall–Kier alpha value is -8.37. The maximum Gasteiger partial charge on any atom is 0.417 e. The molecule has 23 heteroatoms. The summed E-state index contributed by atoms with van der Waals surface area (Å²) in [7, 11) is 0. The highest BCUT2D eigenvalue weighted by molar-refractivity contribution is 6.68. The Kier molecular flexibility index (Phi) is 22.7. The summed E-state index contributed by atoms with van der Waals surface area (Å²) in [5, 5.41) is 16.2. The molecule has 3 fully saturated rings. The lowest BCUT2D eigenvalue weighted by Gasteiger charge is -2.42. The summed E-state index contributed by atoms with van der Waals surface area (Å²) < 4.78 is 123. The molecule has 5 atom stereocenters. The van der Waals surface area contributed by atoms with Crippen molar-refractivity contribution in [1.29, 1.82) is 0 Å². The van der Waals surface area contributed by atoms with Crippen LogP contribution in [0.25, 0.3) is 35.3 Å². The first kappa shape index (κ1) is 73.3. The lowest BCUT2D eigenvalue weighted by molar-refractivity contribution is -0.138. The van der Waals surface area contributed by atoms with E-state index < -0.39 is 45.6 Å². The molecule has 0 unspecified atom stereocenters. The molecule has 3 saturated carbocycles. The smallest absolute Gasteiger partial charge is 0.335 e. The van der Waals surface area contributed by atoms with Crippen LogP contribution in [0.1, 0.15) is 165 Å². The van der Waals surface area contributed by atoms with Crippen molar-refractivity contribution in [3.8, 4) is 17.1 Å². The number of allylic oxidation sites excluding steroid dienone is 1. The summed E-state index contributed by atoms with van der Waals surface area (Å²) in [6.45, 7) is 15.1. The summed E-state index contributed by atoms with van der Waals surface area (Å²) in [5.74, 6) is -1.05. The average molecular weight is 1410 g/mol. The van der Waals surface area contributed by atoms with E-state index in [1.807, 2.05) is 35.6 Å². The van der Waals surface area contributed by atoms with Crippen LogP contribution < -0.4 is 10.2 Å². The third-order valence-electron chi connectivity index (χ3n) is 19.8. The van der Waals surface area contributed by atoms with E-state index in [-0.39, 0.29) is 39.9 Å². The van der Waals surface area contributed by atoms with Crippen LogP contribution >= 0.6 is 23.4 Å².